The fraction of sp³-hybridized carbons (Fsp3) is 0.0625. The first-order valence-electron chi connectivity index (χ1n) is 6.30. The summed E-state index contributed by atoms with van der Waals surface area (Å²) in [4.78, 5) is 34.1. The molecule has 6 nitrogen and oxygen atoms in total. The van der Waals surface area contributed by atoms with Gasteiger partial charge in [-0.05, 0) is 23.8 Å². The normalized spacial score (nSPS) is 10.0. The molecule has 0 bridgehead atoms. The van der Waals surface area contributed by atoms with Gasteiger partial charge in [-0.15, -0.1) is 0 Å². The maximum absolute atomic E-state index is 12.0. The lowest BCUT2D eigenvalue weighted by Crippen LogP contribution is -2.13. The second-order valence-corrected chi connectivity index (χ2v) is 4.43. The Hall–Kier alpha value is -3.15. The lowest BCUT2D eigenvalue weighted by Gasteiger charge is -2.08. The van der Waals surface area contributed by atoms with Gasteiger partial charge in [-0.25, -0.2) is 14.4 Å². The number of carboxylic acid groups (broad SMARTS) is 2. The third-order valence-corrected chi connectivity index (χ3v) is 2.93. The number of hydrogen-bond acceptors (Lipinski definition) is 4. The molecular weight excluding hydrogens is 288 g/mol. The molecule has 2 aromatic carbocycles. The lowest BCUT2D eigenvalue weighted by atomic mass is 10.0. The Morgan fingerprint density at radius 3 is 2.14 bits per heavy atom. The largest absolute Gasteiger partial charge is 0.478 e. The van der Waals surface area contributed by atoms with E-state index in [9.17, 15) is 14.4 Å². The molecule has 0 unspecified atom stereocenters. The van der Waals surface area contributed by atoms with Crippen LogP contribution >= 0.6 is 0 Å². The summed E-state index contributed by atoms with van der Waals surface area (Å²) in [7, 11) is 0. The first-order chi connectivity index (χ1) is 10.5. The summed E-state index contributed by atoms with van der Waals surface area (Å²) in [5.74, 6) is -3.47. The van der Waals surface area contributed by atoms with E-state index in [1.165, 1.54) is 0 Å². The number of aromatic carboxylic acids is 2. The Kier molecular flexibility index (Phi) is 4.53. The molecule has 6 heteroatoms. The van der Waals surface area contributed by atoms with Gasteiger partial charge in [0.1, 0.15) is 6.61 Å². The van der Waals surface area contributed by atoms with E-state index in [0.29, 0.717) is 0 Å². The van der Waals surface area contributed by atoms with Crippen molar-refractivity contribution in [3.8, 4) is 0 Å². The smallest absolute Gasteiger partial charge is 0.339 e. The molecule has 2 aromatic rings. The lowest BCUT2D eigenvalue weighted by molar-refractivity contribution is 0.0463. The quantitative estimate of drug-likeness (QED) is 0.822. The molecule has 0 atom stereocenters. The number of rotatable bonds is 5. The Bertz CT molecular complexity index is 721. The Balaban J connectivity index is 2.25. The van der Waals surface area contributed by atoms with Crippen molar-refractivity contribution in [2.75, 3.05) is 0 Å². The number of carbonyl (C=O) groups is 3. The van der Waals surface area contributed by atoms with Crippen molar-refractivity contribution in [2.45, 2.75) is 6.61 Å². The highest BCUT2D eigenvalue weighted by atomic mass is 16.5. The summed E-state index contributed by atoms with van der Waals surface area (Å²) < 4.78 is 5.04. The SMILES string of the molecule is O=C(O)c1ccc(C(=O)O)c(C(=O)OCc2ccccc2)c1. The second kappa shape index (κ2) is 6.53. The summed E-state index contributed by atoms with van der Waals surface area (Å²) in [6.45, 7) is -0.0317. The number of benzene rings is 2. The fourth-order valence-electron chi connectivity index (χ4n) is 1.83. The number of carbonyl (C=O) groups excluding carboxylic acids is 1. The second-order valence-electron chi connectivity index (χ2n) is 4.43. The van der Waals surface area contributed by atoms with Gasteiger partial charge in [0.15, 0.2) is 0 Å². The van der Waals surface area contributed by atoms with E-state index in [1.54, 1.807) is 24.3 Å². The van der Waals surface area contributed by atoms with Crippen LogP contribution in [0, 0.1) is 0 Å². The van der Waals surface area contributed by atoms with Crippen molar-refractivity contribution in [1.82, 2.24) is 0 Å². The zero-order chi connectivity index (χ0) is 16.1. The van der Waals surface area contributed by atoms with Crippen LogP contribution in [-0.2, 0) is 11.3 Å². The number of hydrogen-bond donors (Lipinski definition) is 2. The number of esters is 1. The minimum Gasteiger partial charge on any atom is -0.478 e. The Morgan fingerprint density at radius 2 is 1.55 bits per heavy atom. The van der Waals surface area contributed by atoms with Crippen molar-refractivity contribution >= 4 is 17.9 Å². The molecule has 0 aliphatic heterocycles. The molecular formula is C16H12O6. The molecule has 0 aliphatic rings. The van der Waals surface area contributed by atoms with Gasteiger partial charge in [-0.1, -0.05) is 30.3 Å². The van der Waals surface area contributed by atoms with Gasteiger partial charge in [0, 0.05) is 0 Å². The summed E-state index contributed by atoms with van der Waals surface area (Å²) >= 11 is 0. The van der Waals surface area contributed by atoms with E-state index in [-0.39, 0.29) is 23.3 Å². The molecule has 0 spiro atoms. The Labute approximate surface area is 125 Å². The molecule has 0 aromatic heterocycles. The van der Waals surface area contributed by atoms with E-state index in [4.69, 9.17) is 14.9 Å². The third-order valence-electron chi connectivity index (χ3n) is 2.93. The zero-order valence-corrected chi connectivity index (χ0v) is 11.4. The molecule has 0 saturated carbocycles. The van der Waals surface area contributed by atoms with Crippen LogP contribution in [0.15, 0.2) is 48.5 Å². The predicted octanol–water partition coefficient (Wildman–Crippen LogP) is 2.44. The summed E-state index contributed by atoms with van der Waals surface area (Å²) in [5, 5.41) is 18.0. The molecule has 2 N–H and O–H groups in total. The van der Waals surface area contributed by atoms with Crippen LogP contribution in [-0.4, -0.2) is 28.1 Å². The van der Waals surface area contributed by atoms with E-state index >= 15 is 0 Å². The molecule has 2 rings (SSSR count). The molecule has 0 fully saturated rings. The van der Waals surface area contributed by atoms with Crippen LogP contribution in [0.3, 0.4) is 0 Å². The number of carboxylic acids is 2. The molecule has 0 heterocycles. The van der Waals surface area contributed by atoms with Gasteiger partial charge in [-0.2, -0.15) is 0 Å². The highest BCUT2D eigenvalue weighted by Crippen LogP contribution is 2.15. The monoisotopic (exact) mass is 300 g/mol. The topological polar surface area (TPSA) is 101 Å². The van der Waals surface area contributed by atoms with Crippen LogP contribution in [0.5, 0.6) is 0 Å². The van der Waals surface area contributed by atoms with Crippen molar-refractivity contribution in [1.29, 1.82) is 0 Å². The molecule has 0 amide bonds. The van der Waals surface area contributed by atoms with Crippen molar-refractivity contribution < 1.29 is 29.3 Å². The van der Waals surface area contributed by atoms with Crippen LogP contribution < -0.4 is 0 Å². The molecule has 22 heavy (non-hydrogen) atoms. The first-order valence-corrected chi connectivity index (χ1v) is 6.30. The molecule has 112 valence electrons. The van der Waals surface area contributed by atoms with Crippen LogP contribution in [0.2, 0.25) is 0 Å². The molecule has 0 saturated heterocycles. The maximum Gasteiger partial charge on any atom is 0.339 e. The summed E-state index contributed by atoms with van der Waals surface area (Å²) in [6, 6.07) is 12.1. The van der Waals surface area contributed by atoms with Gasteiger partial charge in [0.2, 0.25) is 0 Å². The van der Waals surface area contributed by atoms with Gasteiger partial charge in [0.25, 0.3) is 0 Å². The highest BCUT2D eigenvalue weighted by molar-refractivity contribution is 6.04. The fourth-order valence-corrected chi connectivity index (χ4v) is 1.83. The first kappa shape index (κ1) is 15.2. The van der Waals surface area contributed by atoms with E-state index in [0.717, 1.165) is 23.8 Å². The maximum atomic E-state index is 12.0. The van der Waals surface area contributed by atoms with E-state index < -0.39 is 17.9 Å². The van der Waals surface area contributed by atoms with Crippen molar-refractivity contribution in [2.24, 2.45) is 0 Å². The van der Waals surface area contributed by atoms with Crippen molar-refractivity contribution in [3.63, 3.8) is 0 Å². The molecule has 0 radical (unpaired) electrons. The average Bonchev–Trinajstić information content (AvgIpc) is 2.52. The van der Waals surface area contributed by atoms with Gasteiger partial charge in [-0.3, -0.25) is 0 Å². The summed E-state index contributed by atoms with van der Waals surface area (Å²) in [5.41, 5.74) is -0.0369. The summed E-state index contributed by atoms with van der Waals surface area (Å²) in [6.07, 6.45) is 0. The van der Waals surface area contributed by atoms with Gasteiger partial charge in [0.05, 0.1) is 16.7 Å². The average molecular weight is 300 g/mol. The van der Waals surface area contributed by atoms with Crippen LogP contribution in [0.4, 0.5) is 0 Å². The van der Waals surface area contributed by atoms with Crippen LogP contribution in [0.25, 0.3) is 0 Å². The van der Waals surface area contributed by atoms with Gasteiger partial charge < -0.3 is 14.9 Å². The number of ether oxygens (including phenoxy) is 1. The van der Waals surface area contributed by atoms with E-state index in [2.05, 4.69) is 0 Å². The predicted molar refractivity (Wildman–Crippen MR) is 75.9 cm³/mol. The minimum absolute atomic E-state index is 0.0317. The van der Waals surface area contributed by atoms with Crippen molar-refractivity contribution in [3.05, 3.63) is 70.8 Å². The zero-order valence-electron chi connectivity index (χ0n) is 11.4. The van der Waals surface area contributed by atoms with Gasteiger partial charge >= 0.3 is 17.9 Å². The minimum atomic E-state index is -1.33. The van der Waals surface area contributed by atoms with Crippen LogP contribution in [0.1, 0.15) is 36.6 Å². The highest BCUT2D eigenvalue weighted by Gasteiger charge is 2.20. The standard InChI is InChI=1S/C16H12O6/c17-14(18)11-6-7-12(15(19)20)13(8-11)16(21)22-9-10-4-2-1-3-5-10/h1-8H,9H2,(H,17,18)(H,19,20). The molecule has 0 aliphatic carbocycles. The third kappa shape index (κ3) is 3.49. The Morgan fingerprint density at radius 1 is 0.864 bits per heavy atom. The van der Waals surface area contributed by atoms with E-state index in [1.807, 2.05) is 6.07 Å².